The van der Waals surface area contributed by atoms with Gasteiger partial charge in [0.05, 0.1) is 10.5 Å². The zero-order chi connectivity index (χ0) is 13.7. The van der Waals surface area contributed by atoms with E-state index in [1.807, 2.05) is 19.0 Å². The number of benzene rings is 1. The van der Waals surface area contributed by atoms with Gasteiger partial charge in [0.25, 0.3) is 11.6 Å². The molecule has 18 heavy (non-hydrogen) atoms. The third-order valence-electron chi connectivity index (χ3n) is 2.34. The molecule has 7 nitrogen and oxygen atoms in total. The number of nitro groups is 1. The van der Waals surface area contributed by atoms with Crippen LogP contribution in [0, 0.1) is 10.1 Å². The first-order valence-corrected chi connectivity index (χ1v) is 5.38. The predicted molar refractivity (Wildman–Crippen MR) is 68.4 cm³/mol. The van der Waals surface area contributed by atoms with E-state index >= 15 is 0 Å². The summed E-state index contributed by atoms with van der Waals surface area (Å²) in [7, 11) is 3.77. The van der Waals surface area contributed by atoms with Crippen molar-refractivity contribution in [1.82, 2.24) is 10.2 Å². The van der Waals surface area contributed by atoms with Gasteiger partial charge in [-0.05, 0) is 20.2 Å². The third kappa shape index (κ3) is 3.70. The number of likely N-dealkylation sites (N-methyl/N-ethyl adjacent to an activating group) is 1. The molecule has 1 aromatic carbocycles. The van der Waals surface area contributed by atoms with E-state index in [2.05, 4.69) is 5.32 Å². The first-order chi connectivity index (χ1) is 8.41. The zero-order valence-electron chi connectivity index (χ0n) is 10.3. The third-order valence-corrected chi connectivity index (χ3v) is 2.34. The summed E-state index contributed by atoms with van der Waals surface area (Å²) in [6, 6.07) is 3.81. The summed E-state index contributed by atoms with van der Waals surface area (Å²) in [5.41, 5.74) is 5.83. The van der Waals surface area contributed by atoms with Crippen LogP contribution in [0.1, 0.15) is 10.4 Å². The van der Waals surface area contributed by atoms with Crippen molar-refractivity contribution in [3.8, 4) is 0 Å². The fraction of sp³-hybridized carbons (Fsp3) is 0.364. The van der Waals surface area contributed by atoms with Gasteiger partial charge in [-0.2, -0.15) is 0 Å². The Balaban J connectivity index is 2.78. The van der Waals surface area contributed by atoms with E-state index in [1.54, 1.807) is 0 Å². The van der Waals surface area contributed by atoms with Crippen molar-refractivity contribution in [2.45, 2.75) is 0 Å². The second-order valence-corrected chi connectivity index (χ2v) is 4.09. The van der Waals surface area contributed by atoms with E-state index in [0.29, 0.717) is 13.1 Å². The molecule has 1 rings (SSSR count). The molecule has 3 N–H and O–H groups in total. The molecule has 0 aliphatic heterocycles. The number of nitrogen functional groups attached to an aromatic ring is 1. The number of nitrogens with zero attached hydrogens (tertiary/aromatic N) is 2. The summed E-state index contributed by atoms with van der Waals surface area (Å²) < 4.78 is 0. The molecule has 0 aliphatic carbocycles. The number of anilines is 1. The van der Waals surface area contributed by atoms with Crippen LogP contribution in [0.4, 0.5) is 11.4 Å². The van der Waals surface area contributed by atoms with Crippen LogP contribution < -0.4 is 11.1 Å². The van der Waals surface area contributed by atoms with Crippen molar-refractivity contribution >= 4 is 17.3 Å². The number of nitrogens with one attached hydrogen (secondary N) is 1. The first kappa shape index (κ1) is 13.9. The molecule has 0 bridgehead atoms. The lowest BCUT2D eigenvalue weighted by Gasteiger charge is -2.11. The van der Waals surface area contributed by atoms with Crippen molar-refractivity contribution in [1.29, 1.82) is 0 Å². The highest BCUT2D eigenvalue weighted by Crippen LogP contribution is 2.19. The quantitative estimate of drug-likeness (QED) is 0.450. The van der Waals surface area contributed by atoms with Crippen LogP contribution in [-0.4, -0.2) is 42.9 Å². The van der Waals surface area contributed by atoms with Crippen LogP contribution in [0.2, 0.25) is 0 Å². The first-order valence-electron chi connectivity index (χ1n) is 5.38. The minimum atomic E-state index is -0.559. The van der Waals surface area contributed by atoms with Gasteiger partial charge < -0.3 is 16.0 Å². The van der Waals surface area contributed by atoms with Gasteiger partial charge in [-0.1, -0.05) is 0 Å². The molecule has 1 amide bonds. The minimum Gasteiger partial charge on any atom is -0.398 e. The smallest absolute Gasteiger partial charge is 0.270 e. The van der Waals surface area contributed by atoms with E-state index in [-0.39, 0.29) is 16.9 Å². The summed E-state index contributed by atoms with van der Waals surface area (Å²) in [5.74, 6) is -0.405. The lowest BCUT2D eigenvalue weighted by molar-refractivity contribution is -0.384. The topological polar surface area (TPSA) is 102 Å². The van der Waals surface area contributed by atoms with E-state index in [9.17, 15) is 14.9 Å². The molecule has 0 fully saturated rings. The highest BCUT2D eigenvalue weighted by Gasteiger charge is 2.14. The Hall–Kier alpha value is -2.15. The number of carbonyl (C=O) groups excluding carboxylic acids is 1. The van der Waals surface area contributed by atoms with Gasteiger partial charge in [0.2, 0.25) is 0 Å². The van der Waals surface area contributed by atoms with Gasteiger partial charge in [0, 0.05) is 30.9 Å². The number of carbonyl (C=O) groups is 1. The molecule has 1 aromatic rings. The molecule has 0 unspecified atom stereocenters. The number of hydrogen-bond donors (Lipinski definition) is 2. The molecule has 0 saturated heterocycles. The molecule has 7 heteroatoms. The number of amides is 1. The number of hydrogen-bond acceptors (Lipinski definition) is 5. The number of nitro benzene ring substituents is 1. The average molecular weight is 252 g/mol. The highest BCUT2D eigenvalue weighted by atomic mass is 16.6. The Morgan fingerprint density at radius 1 is 1.50 bits per heavy atom. The van der Waals surface area contributed by atoms with Crippen LogP contribution >= 0.6 is 0 Å². The Labute approximate surface area is 105 Å². The molecular weight excluding hydrogens is 236 g/mol. The monoisotopic (exact) mass is 252 g/mol. The maximum absolute atomic E-state index is 11.8. The summed E-state index contributed by atoms with van der Waals surface area (Å²) in [5, 5.41) is 13.3. The standard InChI is InChI=1S/C11H16N4O3/c1-14(2)6-5-13-11(16)9-7-8(15(17)18)3-4-10(9)12/h3-4,7H,5-6,12H2,1-2H3,(H,13,16). The summed E-state index contributed by atoms with van der Waals surface area (Å²) >= 11 is 0. The molecule has 0 heterocycles. The molecular formula is C11H16N4O3. The Bertz CT molecular complexity index is 460. The second kappa shape index (κ2) is 5.97. The largest absolute Gasteiger partial charge is 0.398 e. The van der Waals surface area contributed by atoms with E-state index in [4.69, 9.17) is 5.73 Å². The molecule has 98 valence electrons. The average Bonchev–Trinajstić information content (AvgIpc) is 2.28. The fourth-order valence-corrected chi connectivity index (χ4v) is 1.34. The lowest BCUT2D eigenvalue weighted by atomic mass is 10.1. The number of rotatable bonds is 5. The Morgan fingerprint density at radius 3 is 2.72 bits per heavy atom. The fourth-order valence-electron chi connectivity index (χ4n) is 1.34. The maximum Gasteiger partial charge on any atom is 0.270 e. The van der Waals surface area contributed by atoms with Crippen LogP contribution in [-0.2, 0) is 0 Å². The van der Waals surface area contributed by atoms with E-state index in [1.165, 1.54) is 18.2 Å². The summed E-state index contributed by atoms with van der Waals surface area (Å²) in [6.45, 7) is 1.13. The van der Waals surface area contributed by atoms with Crippen LogP contribution in [0.3, 0.4) is 0 Å². The van der Waals surface area contributed by atoms with Crippen LogP contribution in [0.15, 0.2) is 18.2 Å². The minimum absolute atomic E-state index is 0.128. The zero-order valence-corrected chi connectivity index (χ0v) is 10.3. The predicted octanol–water partition coefficient (Wildman–Crippen LogP) is 0.468. The van der Waals surface area contributed by atoms with Gasteiger partial charge in [0.1, 0.15) is 0 Å². The molecule has 0 spiro atoms. The van der Waals surface area contributed by atoms with E-state index < -0.39 is 10.8 Å². The SMILES string of the molecule is CN(C)CCNC(=O)c1cc([N+](=O)[O-])ccc1N. The highest BCUT2D eigenvalue weighted by molar-refractivity contribution is 5.99. The van der Waals surface area contributed by atoms with E-state index in [0.717, 1.165) is 0 Å². The molecule has 0 atom stereocenters. The van der Waals surface area contributed by atoms with Crippen LogP contribution in [0.25, 0.3) is 0 Å². The van der Waals surface area contributed by atoms with Crippen molar-refractivity contribution in [3.63, 3.8) is 0 Å². The Kier molecular flexibility index (Phi) is 4.61. The maximum atomic E-state index is 11.8. The van der Waals surface area contributed by atoms with Crippen molar-refractivity contribution in [3.05, 3.63) is 33.9 Å². The molecule has 0 radical (unpaired) electrons. The van der Waals surface area contributed by atoms with Crippen molar-refractivity contribution < 1.29 is 9.72 Å². The number of nitrogens with two attached hydrogens (primary N) is 1. The van der Waals surface area contributed by atoms with Gasteiger partial charge in [0.15, 0.2) is 0 Å². The van der Waals surface area contributed by atoms with Gasteiger partial charge in [-0.3, -0.25) is 14.9 Å². The Morgan fingerprint density at radius 2 is 2.17 bits per heavy atom. The van der Waals surface area contributed by atoms with Crippen molar-refractivity contribution in [2.75, 3.05) is 32.9 Å². The lowest BCUT2D eigenvalue weighted by Crippen LogP contribution is -2.31. The molecule has 0 aromatic heterocycles. The molecule has 0 aliphatic rings. The van der Waals surface area contributed by atoms with Gasteiger partial charge in [-0.15, -0.1) is 0 Å². The van der Waals surface area contributed by atoms with Gasteiger partial charge in [-0.25, -0.2) is 0 Å². The normalized spacial score (nSPS) is 10.4. The summed E-state index contributed by atoms with van der Waals surface area (Å²) in [6.07, 6.45) is 0. The molecule has 0 saturated carbocycles. The summed E-state index contributed by atoms with van der Waals surface area (Å²) in [4.78, 5) is 23.8. The number of non-ortho nitro benzene ring substituents is 1. The van der Waals surface area contributed by atoms with Crippen LogP contribution in [0.5, 0.6) is 0 Å². The van der Waals surface area contributed by atoms with Gasteiger partial charge >= 0.3 is 0 Å². The van der Waals surface area contributed by atoms with Crippen molar-refractivity contribution in [2.24, 2.45) is 0 Å². The second-order valence-electron chi connectivity index (χ2n) is 4.09.